The van der Waals surface area contributed by atoms with Crippen LogP contribution < -0.4 is 5.32 Å². The van der Waals surface area contributed by atoms with Gasteiger partial charge in [-0.05, 0) is 18.6 Å². The minimum absolute atomic E-state index is 0.0796. The van der Waals surface area contributed by atoms with Crippen molar-refractivity contribution in [3.63, 3.8) is 0 Å². The van der Waals surface area contributed by atoms with Gasteiger partial charge in [-0.3, -0.25) is 14.5 Å². The van der Waals surface area contributed by atoms with E-state index < -0.39 is 17.6 Å². The van der Waals surface area contributed by atoms with Crippen LogP contribution in [0.5, 0.6) is 0 Å². The lowest BCUT2D eigenvalue weighted by atomic mass is 10.1. The fourth-order valence-corrected chi connectivity index (χ4v) is 2.72. The third-order valence-electron chi connectivity index (χ3n) is 4.06. The van der Waals surface area contributed by atoms with E-state index in [2.05, 4.69) is 5.32 Å². The Morgan fingerprint density at radius 3 is 2.36 bits per heavy atom. The molecule has 2 rings (SSSR count). The van der Waals surface area contributed by atoms with Gasteiger partial charge in [0.25, 0.3) is 5.91 Å². The first kappa shape index (κ1) is 19.2. The molecule has 2 amide bonds. The van der Waals surface area contributed by atoms with E-state index in [1.54, 1.807) is 0 Å². The standard InChI is InChI=1S/C17H22F3N3O2/c1-2-7-21-15(24)12-22-8-10-23(11-9-22)16(25)13-5-3-4-6-14(13)17(18,19)20/h3-6H,2,7-12H2,1H3,(H,21,24). The van der Waals surface area contributed by atoms with Crippen LogP contribution in [0, 0.1) is 0 Å². The number of piperazine rings is 1. The van der Waals surface area contributed by atoms with Crippen LogP contribution in [0.2, 0.25) is 0 Å². The molecule has 5 nitrogen and oxygen atoms in total. The smallest absolute Gasteiger partial charge is 0.355 e. The highest BCUT2D eigenvalue weighted by Gasteiger charge is 2.36. The van der Waals surface area contributed by atoms with Crippen molar-refractivity contribution in [3.05, 3.63) is 35.4 Å². The molecule has 138 valence electrons. The largest absolute Gasteiger partial charge is 0.417 e. The number of carbonyl (C=O) groups is 2. The number of nitrogens with zero attached hydrogens (tertiary/aromatic N) is 2. The van der Waals surface area contributed by atoms with Gasteiger partial charge in [0.15, 0.2) is 0 Å². The lowest BCUT2D eigenvalue weighted by Gasteiger charge is -2.34. The molecule has 0 aliphatic carbocycles. The van der Waals surface area contributed by atoms with Crippen molar-refractivity contribution in [1.82, 2.24) is 15.1 Å². The summed E-state index contributed by atoms with van der Waals surface area (Å²) < 4.78 is 39.2. The molecule has 1 aromatic carbocycles. The molecule has 1 N–H and O–H groups in total. The van der Waals surface area contributed by atoms with Crippen LogP contribution in [-0.2, 0) is 11.0 Å². The molecule has 0 unspecified atom stereocenters. The molecule has 25 heavy (non-hydrogen) atoms. The first-order chi connectivity index (χ1) is 11.8. The van der Waals surface area contributed by atoms with E-state index >= 15 is 0 Å². The molecule has 1 aromatic rings. The fourth-order valence-electron chi connectivity index (χ4n) is 2.72. The van der Waals surface area contributed by atoms with Crippen molar-refractivity contribution in [1.29, 1.82) is 0 Å². The zero-order valence-electron chi connectivity index (χ0n) is 14.1. The first-order valence-corrected chi connectivity index (χ1v) is 8.27. The Balaban J connectivity index is 1.95. The lowest BCUT2D eigenvalue weighted by Crippen LogP contribution is -2.51. The summed E-state index contributed by atoms with van der Waals surface area (Å²) in [5.74, 6) is -0.702. The highest BCUT2D eigenvalue weighted by Crippen LogP contribution is 2.32. The first-order valence-electron chi connectivity index (χ1n) is 8.27. The summed E-state index contributed by atoms with van der Waals surface area (Å²) in [6.07, 6.45) is -3.71. The number of amides is 2. The van der Waals surface area contributed by atoms with E-state index in [1.165, 1.54) is 23.1 Å². The van der Waals surface area contributed by atoms with Gasteiger partial charge in [-0.1, -0.05) is 19.1 Å². The lowest BCUT2D eigenvalue weighted by molar-refractivity contribution is -0.138. The molecular formula is C17H22F3N3O2. The maximum absolute atomic E-state index is 13.1. The zero-order chi connectivity index (χ0) is 18.4. The average Bonchev–Trinajstić information content (AvgIpc) is 2.59. The van der Waals surface area contributed by atoms with Crippen molar-refractivity contribution in [2.24, 2.45) is 0 Å². The second-order valence-electron chi connectivity index (χ2n) is 5.96. The van der Waals surface area contributed by atoms with E-state index in [1.807, 2.05) is 11.8 Å². The van der Waals surface area contributed by atoms with E-state index in [0.29, 0.717) is 32.7 Å². The summed E-state index contributed by atoms with van der Waals surface area (Å²) in [6.45, 7) is 4.33. The minimum Gasteiger partial charge on any atom is -0.355 e. The highest BCUT2D eigenvalue weighted by molar-refractivity contribution is 5.96. The second kappa shape index (κ2) is 8.33. The zero-order valence-corrected chi connectivity index (χ0v) is 14.1. The number of nitrogens with one attached hydrogen (secondary N) is 1. The Labute approximate surface area is 144 Å². The maximum Gasteiger partial charge on any atom is 0.417 e. The maximum atomic E-state index is 13.1. The van der Waals surface area contributed by atoms with Gasteiger partial charge in [-0.25, -0.2) is 0 Å². The van der Waals surface area contributed by atoms with Gasteiger partial charge in [-0.2, -0.15) is 13.2 Å². The molecule has 0 aromatic heterocycles. The monoisotopic (exact) mass is 357 g/mol. The van der Waals surface area contributed by atoms with Crippen molar-refractivity contribution >= 4 is 11.8 Å². The van der Waals surface area contributed by atoms with Crippen LogP contribution in [0.3, 0.4) is 0 Å². The molecule has 8 heteroatoms. The SMILES string of the molecule is CCCNC(=O)CN1CCN(C(=O)c2ccccc2C(F)(F)F)CC1. The van der Waals surface area contributed by atoms with Crippen LogP contribution >= 0.6 is 0 Å². The normalized spacial score (nSPS) is 15.9. The van der Waals surface area contributed by atoms with Crippen molar-refractivity contribution in [3.8, 4) is 0 Å². The Morgan fingerprint density at radius 2 is 1.76 bits per heavy atom. The Hall–Kier alpha value is -2.09. The molecule has 0 spiro atoms. The molecule has 1 aliphatic rings. The number of rotatable bonds is 5. The van der Waals surface area contributed by atoms with Gasteiger partial charge in [0.05, 0.1) is 17.7 Å². The molecule has 1 heterocycles. The number of hydrogen-bond donors (Lipinski definition) is 1. The number of halogens is 3. The molecule has 1 aliphatic heterocycles. The van der Waals surface area contributed by atoms with Gasteiger partial charge in [-0.15, -0.1) is 0 Å². The van der Waals surface area contributed by atoms with Crippen molar-refractivity contribution in [2.75, 3.05) is 39.3 Å². The Bertz CT molecular complexity index is 611. The number of benzene rings is 1. The van der Waals surface area contributed by atoms with Gasteiger partial charge in [0.2, 0.25) is 5.91 Å². The molecular weight excluding hydrogens is 335 g/mol. The van der Waals surface area contributed by atoms with E-state index in [-0.39, 0.29) is 18.0 Å². The van der Waals surface area contributed by atoms with Crippen molar-refractivity contribution < 1.29 is 22.8 Å². The van der Waals surface area contributed by atoms with Gasteiger partial charge < -0.3 is 10.2 Å². The summed E-state index contributed by atoms with van der Waals surface area (Å²) in [5, 5.41) is 2.78. The fraction of sp³-hybridized carbons (Fsp3) is 0.529. The number of alkyl halides is 3. The Morgan fingerprint density at radius 1 is 1.12 bits per heavy atom. The summed E-state index contributed by atoms with van der Waals surface area (Å²) in [6, 6.07) is 4.82. The third kappa shape index (κ3) is 5.19. The van der Waals surface area contributed by atoms with E-state index in [9.17, 15) is 22.8 Å². The predicted molar refractivity (Wildman–Crippen MR) is 87.1 cm³/mol. The number of hydrogen-bond acceptors (Lipinski definition) is 3. The summed E-state index contributed by atoms with van der Waals surface area (Å²) in [7, 11) is 0. The highest BCUT2D eigenvalue weighted by atomic mass is 19.4. The van der Waals surface area contributed by atoms with Crippen LogP contribution in [0.25, 0.3) is 0 Å². The molecule has 0 atom stereocenters. The van der Waals surface area contributed by atoms with Gasteiger partial charge in [0, 0.05) is 32.7 Å². The molecule has 1 fully saturated rings. The van der Waals surface area contributed by atoms with Crippen LogP contribution in [0.1, 0.15) is 29.3 Å². The average molecular weight is 357 g/mol. The van der Waals surface area contributed by atoms with Crippen molar-refractivity contribution in [2.45, 2.75) is 19.5 Å². The molecule has 0 saturated carbocycles. The quantitative estimate of drug-likeness (QED) is 0.877. The van der Waals surface area contributed by atoms with Crippen LogP contribution in [-0.4, -0.2) is 60.9 Å². The van der Waals surface area contributed by atoms with Gasteiger partial charge >= 0.3 is 6.18 Å². The van der Waals surface area contributed by atoms with E-state index in [0.717, 1.165) is 12.5 Å². The van der Waals surface area contributed by atoms with Crippen LogP contribution in [0.15, 0.2) is 24.3 Å². The minimum atomic E-state index is -4.56. The summed E-state index contributed by atoms with van der Waals surface area (Å²) >= 11 is 0. The predicted octanol–water partition coefficient (Wildman–Crippen LogP) is 1.99. The third-order valence-corrected chi connectivity index (χ3v) is 4.06. The molecule has 0 bridgehead atoms. The topological polar surface area (TPSA) is 52.7 Å². The summed E-state index contributed by atoms with van der Waals surface area (Å²) in [4.78, 5) is 27.5. The summed E-state index contributed by atoms with van der Waals surface area (Å²) in [5.41, 5.74) is -1.24. The second-order valence-corrected chi connectivity index (χ2v) is 5.96. The van der Waals surface area contributed by atoms with Crippen LogP contribution in [0.4, 0.5) is 13.2 Å². The van der Waals surface area contributed by atoms with Gasteiger partial charge in [0.1, 0.15) is 0 Å². The Kier molecular flexibility index (Phi) is 6.41. The number of carbonyl (C=O) groups excluding carboxylic acids is 2. The van der Waals surface area contributed by atoms with E-state index in [4.69, 9.17) is 0 Å². The molecule has 1 saturated heterocycles. The molecule has 0 radical (unpaired) electrons.